The van der Waals surface area contributed by atoms with Gasteiger partial charge in [-0.1, -0.05) is 31.2 Å². The van der Waals surface area contributed by atoms with Crippen LogP contribution in [-0.4, -0.2) is 23.9 Å². The van der Waals surface area contributed by atoms with Crippen LogP contribution in [0.25, 0.3) is 11.0 Å². The maximum absolute atomic E-state index is 13.6. The standard InChI is InChI=1S/C26H21NO6/c1-3-15-9-11-17(12-10-15)27-22(18-8-5-13-32-18)21(24(29)26(27)30)23(28)20-14-16-6-4-7-19(31-2)25(16)33-20/h4-14,22,29H,3H2,1-2H3. The van der Waals surface area contributed by atoms with Gasteiger partial charge >= 0.3 is 0 Å². The zero-order valence-electron chi connectivity index (χ0n) is 18.1. The maximum Gasteiger partial charge on any atom is 0.294 e. The highest BCUT2D eigenvalue weighted by molar-refractivity contribution is 6.20. The van der Waals surface area contributed by atoms with Crippen molar-refractivity contribution >= 4 is 28.3 Å². The summed E-state index contributed by atoms with van der Waals surface area (Å²) in [6, 6.07) is 16.7. The lowest BCUT2D eigenvalue weighted by Crippen LogP contribution is -2.30. The first-order valence-electron chi connectivity index (χ1n) is 10.5. The molecular formula is C26H21NO6. The maximum atomic E-state index is 13.6. The number of benzene rings is 2. The number of aliphatic hydroxyl groups excluding tert-OH is 1. The fraction of sp³-hybridized carbons (Fsp3) is 0.154. The molecule has 0 fully saturated rings. The van der Waals surface area contributed by atoms with E-state index in [-0.39, 0.29) is 11.3 Å². The Labute approximate surface area is 189 Å². The van der Waals surface area contributed by atoms with Gasteiger partial charge in [0.2, 0.25) is 5.78 Å². The molecule has 1 aliphatic rings. The first-order chi connectivity index (χ1) is 16.0. The predicted octanol–water partition coefficient (Wildman–Crippen LogP) is 5.38. The van der Waals surface area contributed by atoms with Crippen LogP contribution in [0.4, 0.5) is 5.69 Å². The Bertz CT molecular complexity index is 1380. The molecule has 0 aliphatic carbocycles. The molecule has 0 saturated carbocycles. The molecule has 1 amide bonds. The average Bonchev–Trinajstić information content (AvgIpc) is 3.57. The van der Waals surface area contributed by atoms with Gasteiger partial charge in [-0.3, -0.25) is 14.5 Å². The summed E-state index contributed by atoms with van der Waals surface area (Å²) in [4.78, 5) is 28.1. The van der Waals surface area contributed by atoms with Gasteiger partial charge in [-0.2, -0.15) is 0 Å². The molecule has 1 aliphatic heterocycles. The van der Waals surface area contributed by atoms with Crippen molar-refractivity contribution in [2.24, 2.45) is 0 Å². The fourth-order valence-electron chi connectivity index (χ4n) is 4.15. The number of ether oxygens (including phenoxy) is 1. The lowest BCUT2D eigenvalue weighted by atomic mass is 9.99. The van der Waals surface area contributed by atoms with E-state index < -0.39 is 23.5 Å². The number of carbonyl (C=O) groups is 2. The number of nitrogens with zero attached hydrogens (tertiary/aromatic N) is 1. The number of rotatable bonds is 6. The molecule has 7 heteroatoms. The second-order valence-electron chi connectivity index (χ2n) is 7.69. The number of methoxy groups -OCH3 is 1. The molecule has 33 heavy (non-hydrogen) atoms. The van der Waals surface area contributed by atoms with Gasteiger partial charge in [-0.15, -0.1) is 0 Å². The van der Waals surface area contributed by atoms with Crippen molar-refractivity contribution < 1.29 is 28.3 Å². The summed E-state index contributed by atoms with van der Waals surface area (Å²) in [7, 11) is 1.51. The van der Waals surface area contributed by atoms with Gasteiger partial charge in [0.1, 0.15) is 11.8 Å². The van der Waals surface area contributed by atoms with E-state index in [9.17, 15) is 14.7 Å². The normalized spacial score (nSPS) is 16.1. The summed E-state index contributed by atoms with van der Waals surface area (Å²) >= 11 is 0. The summed E-state index contributed by atoms with van der Waals surface area (Å²) in [5.74, 6) is -1.10. The lowest BCUT2D eigenvalue weighted by Gasteiger charge is -2.25. The molecule has 7 nitrogen and oxygen atoms in total. The molecule has 0 saturated heterocycles. The number of fused-ring (bicyclic) bond motifs is 1. The highest BCUT2D eigenvalue weighted by Gasteiger charge is 2.46. The molecule has 1 atom stereocenters. The van der Waals surface area contributed by atoms with Crippen LogP contribution in [0.2, 0.25) is 0 Å². The van der Waals surface area contributed by atoms with E-state index in [1.165, 1.54) is 18.3 Å². The van der Waals surface area contributed by atoms with Crippen molar-refractivity contribution in [3.05, 3.63) is 95.3 Å². The van der Waals surface area contributed by atoms with Crippen molar-refractivity contribution in [2.45, 2.75) is 19.4 Å². The van der Waals surface area contributed by atoms with E-state index in [2.05, 4.69) is 0 Å². The number of hydrogen-bond acceptors (Lipinski definition) is 6. The molecule has 3 heterocycles. The van der Waals surface area contributed by atoms with Crippen LogP contribution in [0.3, 0.4) is 0 Å². The quantitative estimate of drug-likeness (QED) is 0.402. The number of ketones is 1. The molecule has 1 unspecified atom stereocenters. The van der Waals surface area contributed by atoms with Crippen LogP contribution in [-0.2, 0) is 11.2 Å². The molecule has 0 spiro atoms. The smallest absolute Gasteiger partial charge is 0.294 e. The minimum absolute atomic E-state index is 0.0106. The molecule has 0 bridgehead atoms. The Morgan fingerprint density at radius 3 is 2.58 bits per heavy atom. The minimum Gasteiger partial charge on any atom is -0.503 e. The molecule has 2 aromatic heterocycles. The average molecular weight is 443 g/mol. The summed E-state index contributed by atoms with van der Waals surface area (Å²) < 4.78 is 16.7. The van der Waals surface area contributed by atoms with E-state index in [4.69, 9.17) is 13.6 Å². The Morgan fingerprint density at radius 1 is 1.12 bits per heavy atom. The van der Waals surface area contributed by atoms with Gasteiger partial charge in [0.15, 0.2) is 22.9 Å². The van der Waals surface area contributed by atoms with E-state index in [0.29, 0.717) is 28.2 Å². The van der Waals surface area contributed by atoms with Gasteiger partial charge in [-0.05, 0) is 48.4 Å². The molecule has 0 radical (unpaired) electrons. The Hall–Kier alpha value is -4.26. The van der Waals surface area contributed by atoms with E-state index >= 15 is 0 Å². The van der Waals surface area contributed by atoms with Gasteiger partial charge in [-0.25, -0.2) is 0 Å². The third kappa shape index (κ3) is 3.29. The largest absolute Gasteiger partial charge is 0.503 e. The summed E-state index contributed by atoms with van der Waals surface area (Å²) in [5, 5.41) is 11.5. The van der Waals surface area contributed by atoms with Crippen molar-refractivity contribution in [1.82, 2.24) is 0 Å². The zero-order chi connectivity index (χ0) is 23.1. The van der Waals surface area contributed by atoms with Crippen molar-refractivity contribution in [3.63, 3.8) is 0 Å². The first-order valence-corrected chi connectivity index (χ1v) is 10.5. The topological polar surface area (TPSA) is 93.1 Å². The number of aliphatic hydroxyl groups is 1. The number of anilines is 1. The number of furan rings is 2. The van der Waals surface area contributed by atoms with Crippen LogP contribution in [0.15, 0.2) is 87.1 Å². The third-order valence-electron chi connectivity index (χ3n) is 5.84. The Balaban J connectivity index is 1.62. The monoisotopic (exact) mass is 443 g/mol. The van der Waals surface area contributed by atoms with Crippen LogP contribution in [0.1, 0.15) is 34.8 Å². The fourth-order valence-corrected chi connectivity index (χ4v) is 4.15. The second-order valence-corrected chi connectivity index (χ2v) is 7.69. The van der Waals surface area contributed by atoms with Gasteiger partial charge < -0.3 is 18.7 Å². The lowest BCUT2D eigenvalue weighted by molar-refractivity contribution is -0.117. The van der Waals surface area contributed by atoms with Crippen molar-refractivity contribution in [1.29, 1.82) is 0 Å². The number of amides is 1. The SMILES string of the molecule is CCc1ccc(N2C(=O)C(O)=C(C(=O)c3cc4cccc(OC)c4o3)C2c2ccco2)cc1. The van der Waals surface area contributed by atoms with Gasteiger partial charge in [0, 0.05) is 11.1 Å². The van der Waals surface area contributed by atoms with Crippen molar-refractivity contribution in [3.8, 4) is 5.75 Å². The summed E-state index contributed by atoms with van der Waals surface area (Å²) in [6.45, 7) is 2.04. The predicted molar refractivity (Wildman–Crippen MR) is 122 cm³/mol. The van der Waals surface area contributed by atoms with Gasteiger partial charge in [0.25, 0.3) is 5.91 Å². The Morgan fingerprint density at radius 2 is 1.91 bits per heavy atom. The van der Waals surface area contributed by atoms with Crippen LogP contribution in [0, 0.1) is 0 Å². The highest BCUT2D eigenvalue weighted by Crippen LogP contribution is 2.42. The molecule has 4 aromatic rings. The summed E-state index contributed by atoms with van der Waals surface area (Å²) in [5.41, 5.74) is 1.95. The molecular weight excluding hydrogens is 422 g/mol. The van der Waals surface area contributed by atoms with E-state index in [0.717, 1.165) is 12.0 Å². The molecule has 1 N–H and O–H groups in total. The minimum atomic E-state index is -0.942. The highest BCUT2D eigenvalue weighted by atomic mass is 16.5. The third-order valence-corrected chi connectivity index (χ3v) is 5.84. The molecule has 2 aromatic carbocycles. The number of para-hydroxylation sites is 1. The zero-order valence-corrected chi connectivity index (χ0v) is 18.1. The second kappa shape index (κ2) is 8.02. The number of aryl methyl sites for hydroxylation is 1. The van der Waals surface area contributed by atoms with Crippen LogP contribution < -0.4 is 9.64 Å². The van der Waals surface area contributed by atoms with Crippen molar-refractivity contribution in [2.75, 3.05) is 12.0 Å². The first kappa shape index (κ1) is 20.6. The van der Waals surface area contributed by atoms with E-state index in [1.54, 1.807) is 48.5 Å². The Kier molecular flexibility index (Phi) is 5.01. The summed E-state index contributed by atoms with van der Waals surface area (Å²) in [6.07, 6.45) is 2.31. The molecule has 166 valence electrons. The number of Topliss-reactive ketones (excluding diaryl/α,β-unsaturated/α-hetero) is 1. The van der Waals surface area contributed by atoms with Crippen LogP contribution in [0.5, 0.6) is 5.75 Å². The van der Waals surface area contributed by atoms with Crippen LogP contribution >= 0.6 is 0 Å². The number of hydrogen-bond donors (Lipinski definition) is 1. The van der Waals surface area contributed by atoms with E-state index in [1.807, 2.05) is 19.1 Å². The number of carbonyl (C=O) groups excluding carboxylic acids is 2. The van der Waals surface area contributed by atoms with Gasteiger partial charge in [0.05, 0.1) is 18.9 Å². The molecule has 5 rings (SSSR count).